The van der Waals surface area contributed by atoms with Crippen LogP contribution in [0.4, 0.5) is 0 Å². The summed E-state index contributed by atoms with van der Waals surface area (Å²) in [6, 6.07) is 1.96. The first-order valence-corrected chi connectivity index (χ1v) is 7.57. The number of rotatable bonds is 1. The summed E-state index contributed by atoms with van der Waals surface area (Å²) in [6.45, 7) is 0. The van der Waals surface area contributed by atoms with Crippen LogP contribution in [0.1, 0.15) is 30.5 Å². The number of aryl methyl sites for hydroxylation is 1. The van der Waals surface area contributed by atoms with Crippen LogP contribution in [0.25, 0.3) is 11.4 Å². The fourth-order valence-electron chi connectivity index (χ4n) is 2.39. The Morgan fingerprint density at radius 3 is 2.74 bits per heavy atom. The second-order valence-electron chi connectivity index (χ2n) is 4.72. The Morgan fingerprint density at radius 2 is 1.89 bits per heavy atom. The van der Waals surface area contributed by atoms with Crippen LogP contribution in [0.5, 0.6) is 0 Å². The lowest BCUT2D eigenvalue weighted by molar-refractivity contribution is 0.709. The van der Waals surface area contributed by atoms with E-state index in [0.29, 0.717) is 11.0 Å². The van der Waals surface area contributed by atoms with Gasteiger partial charge in [-0.15, -0.1) is 0 Å². The number of halogens is 2. The molecule has 0 aliphatic heterocycles. The zero-order valence-electron chi connectivity index (χ0n) is 10.4. The summed E-state index contributed by atoms with van der Waals surface area (Å²) in [6.07, 6.45) is 9.08. The second kappa shape index (κ2) is 5.55. The first-order valence-electron chi connectivity index (χ1n) is 6.40. The number of hydrogen-bond acceptors (Lipinski definition) is 3. The maximum atomic E-state index is 6.33. The van der Waals surface area contributed by atoms with E-state index in [2.05, 4.69) is 30.9 Å². The molecule has 2 aromatic rings. The molecule has 0 amide bonds. The quantitative estimate of drug-likeness (QED) is 0.577. The molecule has 1 aliphatic carbocycles. The normalized spacial score (nSPS) is 14.8. The lowest BCUT2D eigenvalue weighted by Gasteiger charge is -2.09. The van der Waals surface area contributed by atoms with Gasteiger partial charge in [-0.25, -0.2) is 9.97 Å². The van der Waals surface area contributed by atoms with Crippen molar-refractivity contribution in [1.29, 1.82) is 0 Å². The minimum Gasteiger partial charge on any atom is -0.263 e. The fraction of sp³-hybridized carbons (Fsp3) is 0.357. The number of pyridine rings is 1. The summed E-state index contributed by atoms with van der Waals surface area (Å²) in [4.78, 5) is 13.3. The van der Waals surface area contributed by atoms with Crippen molar-refractivity contribution in [2.75, 3.05) is 0 Å². The van der Waals surface area contributed by atoms with Crippen molar-refractivity contribution in [3.63, 3.8) is 0 Å². The van der Waals surface area contributed by atoms with Crippen molar-refractivity contribution in [1.82, 2.24) is 15.0 Å². The molecule has 0 atom stereocenters. The van der Waals surface area contributed by atoms with Gasteiger partial charge in [-0.2, -0.15) is 0 Å². The van der Waals surface area contributed by atoms with Crippen molar-refractivity contribution >= 4 is 27.5 Å². The van der Waals surface area contributed by atoms with Gasteiger partial charge in [0.05, 0.1) is 0 Å². The van der Waals surface area contributed by atoms with E-state index < -0.39 is 0 Å². The van der Waals surface area contributed by atoms with Gasteiger partial charge >= 0.3 is 0 Å². The van der Waals surface area contributed by atoms with E-state index in [-0.39, 0.29) is 0 Å². The van der Waals surface area contributed by atoms with Crippen LogP contribution >= 0.6 is 27.5 Å². The van der Waals surface area contributed by atoms with Crippen molar-refractivity contribution in [3.05, 3.63) is 39.3 Å². The molecule has 1 aliphatic rings. The molecule has 0 N–H and O–H groups in total. The standard InChI is InChI=1S/C14H13BrClN3/c15-10-6-9(7-17-8-10)14-18-12-5-3-1-2-4-11(12)13(16)19-14/h6-8H,1-5H2. The summed E-state index contributed by atoms with van der Waals surface area (Å²) < 4.78 is 0.916. The highest BCUT2D eigenvalue weighted by atomic mass is 79.9. The highest BCUT2D eigenvalue weighted by Crippen LogP contribution is 2.28. The maximum absolute atomic E-state index is 6.33. The van der Waals surface area contributed by atoms with Gasteiger partial charge in [0.1, 0.15) is 5.15 Å². The predicted octanol–water partition coefficient (Wildman–Crippen LogP) is 4.22. The number of nitrogens with zero attached hydrogens (tertiary/aromatic N) is 3. The van der Waals surface area contributed by atoms with Gasteiger partial charge in [0.25, 0.3) is 0 Å². The van der Waals surface area contributed by atoms with Gasteiger partial charge in [-0.1, -0.05) is 18.0 Å². The number of aromatic nitrogens is 3. The zero-order valence-corrected chi connectivity index (χ0v) is 12.7. The molecule has 2 heterocycles. The number of hydrogen-bond donors (Lipinski definition) is 0. The first kappa shape index (κ1) is 13.0. The lowest BCUT2D eigenvalue weighted by Crippen LogP contribution is -2.02. The van der Waals surface area contributed by atoms with Gasteiger partial charge in [-0.05, 0) is 47.7 Å². The van der Waals surface area contributed by atoms with E-state index in [0.717, 1.165) is 34.1 Å². The topological polar surface area (TPSA) is 38.7 Å². The molecular formula is C14H13BrClN3. The Morgan fingerprint density at radius 1 is 1.05 bits per heavy atom. The summed E-state index contributed by atoms with van der Waals surface area (Å²) in [5.74, 6) is 0.666. The molecular weight excluding hydrogens is 326 g/mol. The molecule has 0 saturated heterocycles. The van der Waals surface area contributed by atoms with Crippen molar-refractivity contribution in [3.8, 4) is 11.4 Å². The second-order valence-corrected chi connectivity index (χ2v) is 5.99. The molecule has 0 bridgehead atoms. The summed E-state index contributed by atoms with van der Waals surface area (Å²) in [7, 11) is 0. The Hall–Kier alpha value is -1.00. The van der Waals surface area contributed by atoms with Crippen LogP contribution in [0.3, 0.4) is 0 Å². The van der Waals surface area contributed by atoms with Gasteiger partial charge in [0, 0.05) is 33.7 Å². The minimum atomic E-state index is 0.599. The summed E-state index contributed by atoms with van der Waals surface area (Å²) >= 11 is 9.74. The highest BCUT2D eigenvalue weighted by molar-refractivity contribution is 9.10. The Labute approximate surface area is 125 Å². The zero-order chi connectivity index (χ0) is 13.2. The van der Waals surface area contributed by atoms with Gasteiger partial charge < -0.3 is 0 Å². The minimum absolute atomic E-state index is 0.599. The predicted molar refractivity (Wildman–Crippen MR) is 79.2 cm³/mol. The van der Waals surface area contributed by atoms with Crippen molar-refractivity contribution in [2.24, 2.45) is 0 Å². The van der Waals surface area contributed by atoms with E-state index in [4.69, 9.17) is 11.6 Å². The average molecular weight is 339 g/mol. The molecule has 0 saturated carbocycles. The molecule has 0 fully saturated rings. The molecule has 2 aromatic heterocycles. The molecule has 3 nitrogen and oxygen atoms in total. The van der Waals surface area contributed by atoms with Crippen LogP contribution in [0, 0.1) is 0 Å². The summed E-state index contributed by atoms with van der Waals surface area (Å²) in [5.41, 5.74) is 3.13. The Bertz CT molecular complexity index is 616. The molecule has 0 aromatic carbocycles. The van der Waals surface area contributed by atoms with Crippen LogP contribution in [0.2, 0.25) is 5.15 Å². The van der Waals surface area contributed by atoms with Crippen LogP contribution in [0.15, 0.2) is 22.9 Å². The molecule has 0 spiro atoms. The molecule has 0 radical (unpaired) electrons. The van der Waals surface area contributed by atoms with E-state index in [1.807, 2.05) is 6.07 Å². The monoisotopic (exact) mass is 337 g/mol. The third-order valence-corrected chi connectivity index (χ3v) is 4.09. The third kappa shape index (κ3) is 2.79. The Balaban J connectivity index is 2.09. The first-order chi connectivity index (χ1) is 9.24. The molecule has 19 heavy (non-hydrogen) atoms. The van der Waals surface area contributed by atoms with E-state index in [9.17, 15) is 0 Å². The van der Waals surface area contributed by atoms with Gasteiger partial charge in [-0.3, -0.25) is 4.98 Å². The van der Waals surface area contributed by atoms with Crippen molar-refractivity contribution in [2.45, 2.75) is 32.1 Å². The summed E-state index contributed by atoms with van der Waals surface area (Å²) in [5, 5.41) is 0.599. The Kier molecular flexibility index (Phi) is 3.80. The molecule has 3 rings (SSSR count). The fourth-order valence-corrected chi connectivity index (χ4v) is 3.04. The van der Waals surface area contributed by atoms with Crippen LogP contribution in [-0.2, 0) is 12.8 Å². The van der Waals surface area contributed by atoms with Crippen LogP contribution in [-0.4, -0.2) is 15.0 Å². The maximum Gasteiger partial charge on any atom is 0.162 e. The molecule has 5 heteroatoms. The highest BCUT2D eigenvalue weighted by Gasteiger charge is 2.16. The molecule has 98 valence electrons. The SMILES string of the molecule is Clc1nc(-c2cncc(Br)c2)nc2c1CCCCC2. The van der Waals surface area contributed by atoms with Gasteiger partial charge in [0.15, 0.2) is 5.82 Å². The third-order valence-electron chi connectivity index (χ3n) is 3.35. The van der Waals surface area contributed by atoms with Crippen LogP contribution < -0.4 is 0 Å². The largest absolute Gasteiger partial charge is 0.263 e. The lowest BCUT2D eigenvalue weighted by atomic mass is 10.1. The molecule has 0 unspecified atom stereocenters. The number of fused-ring (bicyclic) bond motifs is 1. The van der Waals surface area contributed by atoms with E-state index in [1.54, 1.807) is 12.4 Å². The average Bonchev–Trinajstić information content (AvgIpc) is 2.64. The van der Waals surface area contributed by atoms with E-state index >= 15 is 0 Å². The van der Waals surface area contributed by atoms with E-state index in [1.165, 1.54) is 19.3 Å². The van der Waals surface area contributed by atoms with Crippen molar-refractivity contribution < 1.29 is 0 Å². The van der Waals surface area contributed by atoms with Gasteiger partial charge in [0.2, 0.25) is 0 Å². The smallest absolute Gasteiger partial charge is 0.162 e.